The zero-order valence-corrected chi connectivity index (χ0v) is 7.92. The van der Waals surface area contributed by atoms with Crippen LogP contribution in [0.1, 0.15) is 33.7 Å². The maximum Gasteiger partial charge on any atom is 0.352 e. The van der Waals surface area contributed by atoms with E-state index in [-0.39, 0.29) is 0 Å². The van der Waals surface area contributed by atoms with Crippen molar-refractivity contribution in [3.05, 3.63) is 22.5 Å². The Bertz CT molecular complexity index is 349. The molecule has 1 heterocycles. The average molecular weight is 179 g/mol. The minimum absolute atomic E-state index is 0.463. The van der Waals surface area contributed by atoms with Gasteiger partial charge in [-0.25, -0.2) is 4.79 Å². The van der Waals surface area contributed by atoms with E-state index in [1.54, 1.807) is 0 Å². The molecule has 0 bridgehead atoms. The number of aromatic nitrogens is 1. The lowest BCUT2D eigenvalue weighted by Crippen LogP contribution is -2.07. The lowest BCUT2D eigenvalue weighted by atomic mass is 10.1. The fraction of sp³-hybridized carbons (Fsp3) is 0.500. The van der Waals surface area contributed by atoms with Crippen LogP contribution < -0.4 is 0 Å². The Morgan fingerprint density at radius 3 is 2.69 bits per heavy atom. The molecule has 0 radical (unpaired) electrons. The van der Waals surface area contributed by atoms with Crippen LogP contribution in [0, 0.1) is 6.92 Å². The van der Waals surface area contributed by atoms with Crippen molar-refractivity contribution in [1.29, 1.82) is 0 Å². The Hall–Kier alpha value is -1.25. The van der Waals surface area contributed by atoms with Gasteiger partial charge in [0.25, 0.3) is 0 Å². The number of carboxylic acids is 1. The number of hydrogen-bond acceptors (Lipinski definition) is 1. The van der Waals surface area contributed by atoms with Crippen LogP contribution in [0.3, 0.4) is 0 Å². The van der Waals surface area contributed by atoms with Gasteiger partial charge in [0.2, 0.25) is 0 Å². The largest absolute Gasteiger partial charge is 0.477 e. The van der Waals surface area contributed by atoms with E-state index in [0.717, 1.165) is 18.4 Å². The molecule has 0 spiro atoms. The third kappa shape index (κ3) is 0.996. The molecule has 3 nitrogen and oxygen atoms in total. The number of aromatic carboxylic acids is 1. The molecule has 1 N–H and O–H groups in total. The predicted octanol–water partition coefficient (Wildman–Crippen LogP) is 1.52. The molecule has 70 valence electrons. The minimum Gasteiger partial charge on any atom is -0.477 e. The average Bonchev–Trinajstić information content (AvgIpc) is 2.56. The maximum atomic E-state index is 10.9. The summed E-state index contributed by atoms with van der Waals surface area (Å²) in [6, 6.07) is 0. The smallest absolute Gasteiger partial charge is 0.352 e. The fourth-order valence-electron chi connectivity index (χ4n) is 2.34. The van der Waals surface area contributed by atoms with Crippen LogP contribution in [-0.4, -0.2) is 15.6 Å². The van der Waals surface area contributed by atoms with E-state index in [4.69, 9.17) is 5.11 Å². The van der Waals surface area contributed by atoms with Gasteiger partial charge in [0, 0.05) is 12.7 Å². The summed E-state index contributed by atoms with van der Waals surface area (Å²) in [5.74, 6) is -0.811. The topological polar surface area (TPSA) is 42.2 Å². The highest BCUT2D eigenvalue weighted by Gasteiger charge is 2.24. The molecule has 1 aromatic rings. The third-order valence-electron chi connectivity index (χ3n) is 2.94. The minimum atomic E-state index is -0.811. The zero-order valence-electron chi connectivity index (χ0n) is 7.92. The van der Waals surface area contributed by atoms with Crippen LogP contribution in [0.15, 0.2) is 0 Å². The van der Waals surface area contributed by atoms with E-state index < -0.39 is 5.97 Å². The van der Waals surface area contributed by atoms with Crippen LogP contribution in [0.5, 0.6) is 0 Å². The Morgan fingerprint density at radius 2 is 2.15 bits per heavy atom. The van der Waals surface area contributed by atoms with Crippen LogP contribution in [-0.2, 0) is 19.9 Å². The first-order valence-corrected chi connectivity index (χ1v) is 4.53. The van der Waals surface area contributed by atoms with E-state index in [9.17, 15) is 4.79 Å². The first kappa shape index (κ1) is 8.35. The molecule has 1 aromatic heterocycles. The van der Waals surface area contributed by atoms with Gasteiger partial charge < -0.3 is 9.67 Å². The van der Waals surface area contributed by atoms with Gasteiger partial charge in [-0.2, -0.15) is 0 Å². The number of carboxylic acid groups (broad SMARTS) is 1. The SMILES string of the molecule is Cc1c2c(n(C)c1C(=O)O)CCC2. The molecular weight excluding hydrogens is 166 g/mol. The normalized spacial score (nSPS) is 14.6. The molecule has 0 aliphatic heterocycles. The molecule has 0 saturated heterocycles. The van der Waals surface area contributed by atoms with E-state index >= 15 is 0 Å². The molecule has 0 unspecified atom stereocenters. The highest BCUT2D eigenvalue weighted by molar-refractivity contribution is 5.88. The highest BCUT2D eigenvalue weighted by Crippen LogP contribution is 2.29. The summed E-state index contributed by atoms with van der Waals surface area (Å²) in [5.41, 5.74) is 3.90. The summed E-state index contributed by atoms with van der Waals surface area (Å²) >= 11 is 0. The lowest BCUT2D eigenvalue weighted by molar-refractivity contribution is 0.0685. The third-order valence-corrected chi connectivity index (χ3v) is 2.94. The van der Waals surface area contributed by atoms with Crippen molar-refractivity contribution >= 4 is 5.97 Å². The van der Waals surface area contributed by atoms with Gasteiger partial charge in [-0.15, -0.1) is 0 Å². The number of hydrogen-bond donors (Lipinski definition) is 1. The second-order valence-electron chi connectivity index (χ2n) is 3.62. The summed E-state index contributed by atoms with van der Waals surface area (Å²) in [7, 11) is 1.85. The lowest BCUT2D eigenvalue weighted by Gasteiger charge is -2.02. The van der Waals surface area contributed by atoms with Crippen molar-refractivity contribution in [1.82, 2.24) is 4.57 Å². The second kappa shape index (κ2) is 2.62. The standard InChI is InChI=1S/C10H13NO2/c1-6-7-4-3-5-8(7)11(2)9(6)10(12)13/h3-5H2,1-2H3,(H,12,13). The molecule has 0 amide bonds. The molecule has 13 heavy (non-hydrogen) atoms. The van der Waals surface area contributed by atoms with Gasteiger partial charge in [0.15, 0.2) is 0 Å². The number of carbonyl (C=O) groups is 1. The zero-order chi connectivity index (χ0) is 9.59. The van der Waals surface area contributed by atoms with Gasteiger partial charge in [-0.05, 0) is 37.3 Å². The predicted molar refractivity (Wildman–Crippen MR) is 49.1 cm³/mol. The van der Waals surface area contributed by atoms with Crippen molar-refractivity contribution in [3.8, 4) is 0 Å². The van der Waals surface area contributed by atoms with Gasteiger partial charge >= 0.3 is 5.97 Å². The van der Waals surface area contributed by atoms with Gasteiger partial charge in [-0.3, -0.25) is 0 Å². The van der Waals surface area contributed by atoms with Crippen LogP contribution in [0.25, 0.3) is 0 Å². The monoisotopic (exact) mass is 179 g/mol. The quantitative estimate of drug-likeness (QED) is 0.710. The Morgan fingerprint density at radius 1 is 1.46 bits per heavy atom. The first-order valence-electron chi connectivity index (χ1n) is 4.53. The summed E-state index contributed by atoms with van der Waals surface area (Å²) < 4.78 is 1.83. The molecule has 0 aromatic carbocycles. The molecule has 1 aliphatic rings. The Labute approximate surface area is 77.0 Å². The summed E-state index contributed by atoms with van der Waals surface area (Å²) in [4.78, 5) is 10.9. The van der Waals surface area contributed by atoms with Gasteiger partial charge in [-0.1, -0.05) is 0 Å². The number of fused-ring (bicyclic) bond motifs is 1. The molecule has 0 atom stereocenters. The fourth-order valence-corrected chi connectivity index (χ4v) is 2.34. The molecule has 3 heteroatoms. The summed E-state index contributed by atoms with van der Waals surface area (Å²) in [6.45, 7) is 1.91. The van der Waals surface area contributed by atoms with Crippen molar-refractivity contribution in [2.45, 2.75) is 26.2 Å². The molecule has 0 fully saturated rings. The Kier molecular flexibility index (Phi) is 1.68. The van der Waals surface area contributed by atoms with Crippen molar-refractivity contribution < 1.29 is 9.90 Å². The molecule has 0 saturated carbocycles. The Balaban J connectivity index is 2.66. The maximum absolute atomic E-state index is 10.9. The highest BCUT2D eigenvalue weighted by atomic mass is 16.4. The second-order valence-corrected chi connectivity index (χ2v) is 3.62. The van der Waals surface area contributed by atoms with E-state index in [1.165, 1.54) is 17.7 Å². The van der Waals surface area contributed by atoms with Crippen molar-refractivity contribution in [2.75, 3.05) is 0 Å². The van der Waals surface area contributed by atoms with Crippen molar-refractivity contribution in [2.24, 2.45) is 7.05 Å². The molecule has 1 aliphatic carbocycles. The number of rotatable bonds is 1. The number of nitrogens with zero attached hydrogens (tertiary/aromatic N) is 1. The van der Waals surface area contributed by atoms with Gasteiger partial charge in [0.1, 0.15) is 5.69 Å². The van der Waals surface area contributed by atoms with Crippen LogP contribution >= 0.6 is 0 Å². The van der Waals surface area contributed by atoms with E-state index in [2.05, 4.69) is 0 Å². The molecular formula is C10H13NO2. The van der Waals surface area contributed by atoms with Crippen molar-refractivity contribution in [3.63, 3.8) is 0 Å². The molecule has 2 rings (SSSR count). The van der Waals surface area contributed by atoms with Gasteiger partial charge in [0.05, 0.1) is 0 Å². The summed E-state index contributed by atoms with van der Waals surface area (Å²) in [5, 5.41) is 8.98. The first-order chi connectivity index (χ1) is 6.13. The van der Waals surface area contributed by atoms with E-state index in [1.807, 2.05) is 18.5 Å². The van der Waals surface area contributed by atoms with E-state index in [0.29, 0.717) is 5.69 Å². The van der Waals surface area contributed by atoms with Crippen LogP contribution in [0.4, 0.5) is 0 Å². The van der Waals surface area contributed by atoms with Crippen LogP contribution in [0.2, 0.25) is 0 Å². The summed E-state index contributed by atoms with van der Waals surface area (Å²) in [6.07, 6.45) is 3.24.